The molecule has 0 spiro atoms. The van der Waals surface area contributed by atoms with Gasteiger partial charge in [-0.25, -0.2) is 8.42 Å². The van der Waals surface area contributed by atoms with Gasteiger partial charge in [0.05, 0.1) is 19.1 Å². The first kappa shape index (κ1) is 73.5. The second-order valence-electron chi connectivity index (χ2n) is 23.3. The summed E-state index contributed by atoms with van der Waals surface area (Å²) in [5.74, 6) is 6.98. The van der Waals surface area contributed by atoms with Gasteiger partial charge in [-0.3, -0.25) is 0 Å². The minimum absolute atomic E-state index is 0.141. The van der Waals surface area contributed by atoms with Crippen molar-refractivity contribution in [2.24, 2.45) is 11.8 Å². The molecule has 0 heterocycles. The van der Waals surface area contributed by atoms with Gasteiger partial charge in [-0.15, -0.1) is 0 Å². The van der Waals surface area contributed by atoms with Gasteiger partial charge >= 0.3 is 5.51 Å². The number of hydrogen-bond donors (Lipinski definition) is 1. The van der Waals surface area contributed by atoms with Crippen LogP contribution in [0.2, 0.25) is 0 Å². The van der Waals surface area contributed by atoms with E-state index in [1.165, 1.54) is 51.1 Å². The van der Waals surface area contributed by atoms with Crippen molar-refractivity contribution in [2.45, 2.75) is 203 Å². The van der Waals surface area contributed by atoms with E-state index in [0.29, 0.717) is 35.3 Å². The van der Waals surface area contributed by atoms with E-state index >= 15 is 0 Å². The normalized spacial score (nSPS) is 11.3. The van der Waals surface area contributed by atoms with Crippen molar-refractivity contribution in [2.75, 3.05) is 14.2 Å². The Morgan fingerprint density at radius 3 is 1.13 bits per heavy atom. The lowest BCUT2D eigenvalue weighted by molar-refractivity contribution is -0.0436. The fourth-order valence-corrected chi connectivity index (χ4v) is 7.62. The van der Waals surface area contributed by atoms with Crippen LogP contribution < -0.4 is 9.47 Å². The summed E-state index contributed by atoms with van der Waals surface area (Å²) in [5, 5.41) is 9.74. The number of rotatable bonds is 12. The van der Waals surface area contributed by atoms with Gasteiger partial charge in [-0.05, 0) is 154 Å². The molecule has 0 unspecified atom stereocenters. The molecule has 0 fully saturated rings. The molecule has 79 heavy (non-hydrogen) atoms. The lowest BCUT2D eigenvalue weighted by Gasteiger charge is -2.24. The van der Waals surface area contributed by atoms with E-state index < -0.39 is 20.2 Å². The number of hydrogen-bond acceptors (Lipinski definition) is 5. The molecule has 440 valence electrons. The van der Waals surface area contributed by atoms with E-state index in [9.17, 15) is 26.7 Å². The van der Waals surface area contributed by atoms with E-state index in [2.05, 4.69) is 210 Å². The van der Waals surface area contributed by atoms with Crippen molar-refractivity contribution in [1.82, 2.24) is 0 Å². The number of phenols is 1. The van der Waals surface area contributed by atoms with Crippen LogP contribution in [0.5, 0.6) is 17.2 Å². The SMILES string of the molecule is CC(C)C(C)C.CC(C)c1ccc(S(=O)(=O)C(F)(F)F)cc1.CCC(C)(C)c1ccc(O)c(C(C)C)c1.COc1ccc(C(C)C)cc1.COc1cccc(C(C)C)c1.Cc1cccc(C(C)C)c1.Cc1cccc(C(C)C)c1. The molecule has 1 N–H and O–H groups in total. The predicted molar refractivity (Wildman–Crippen MR) is 334 cm³/mol. The molecule has 0 aromatic heterocycles. The fourth-order valence-electron chi connectivity index (χ4n) is 6.86. The van der Waals surface area contributed by atoms with Gasteiger partial charge in [0.1, 0.15) is 17.2 Å². The van der Waals surface area contributed by atoms with Crippen molar-refractivity contribution in [3.05, 3.63) is 190 Å². The van der Waals surface area contributed by atoms with Gasteiger partial charge in [-0.2, -0.15) is 13.2 Å². The zero-order valence-corrected chi connectivity index (χ0v) is 53.5. The van der Waals surface area contributed by atoms with Crippen LogP contribution in [0.4, 0.5) is 13.2 Å². The molecule has 9 heteroatoms. The third-order valence-electron chi connectivity index (χ3n) is 13.8. The van der Waals surface area contributed by atoms with Crippen LogP contribution in [-0.2, 0) is 15.3 Å². The summed E-state index contributed by atoms with van der Waals surface area (Å²) < 4.78 is 68.7. The Kier molecular flexibility index (Phi) is 33.4. The number of alkyl halides is 3. The van der Waals surface area contributed by atoms with E-state index in [1.807, 2.05) is 50.2 Å². The second-order valence-corrected chi connectivity index (χ2v) is 25.3. The quantitative estimate of drug-likeness (QED) is 0.132. The van der Waals surface area contributed by atoms with Crippen LogP contribution in [0.25, 0.3) is 0 Å². The predicted octanol–water partition coefficient (Wildman–Crippen LogP) is 21.5. The summed E-state index contributed by atoms with van der Waals surface area (Å²) in [7, 11) is -1.84. The second kappa shape index (κ2) is 35.9. The molecule has 0 saturated carbocycles. The highest BCUT2D eigenvalue weighted by Gasteiger charge is 2.46. The summed E-state index contributed by atoms with van der Waals surface area (Å²) >= 11 is 0. The highest BCUT2D eigenvalue weighted by molar-refractivity contribution is 7.92. The zero-order chi connectivity index (χ0) is 61.0. The highest BCUT2D eigenvalue weighted by Crippen LogP contribution is 2.34. The molecule has 0 radical (unpaired) electrons. The Bertz CT molecular complexity index is 2640. The minimum atomic E-state index is -5.24. The molecule has 0 aliphatic heterocycles. The Labute approximate surface area is 479 Å². The number of sulfone groups is 1. The maximum Gasteiger partial charge on any atom is 0.501 e. The molecule has 0 saturated heterocycles. The van der Waals surface area contributed by atoms with Gasteiger partial charge in [0.2, 0.25) is 0 Å². The third-order valence-corrected chi connectivity index (χ3v) is 15.3. The molecule has 6 aromatic carbocycles. The van der Waals surface area contributed by atoms with Gasteiger partial charge < -0.3 is 14.6 Å². The first-order chi connectivity index (χ1) is 36.6. The fraction of sp³-hybridized carbons (Fsp3) is 0.486. The third kappa shape index (κ3) is 27.9. The molecule has 6 aromatic rings. The number of phenolic OH excluding ortho intramolecular Hbond substituents is 1. The van der Waals surface area contributed by atoms with Gasteiger partial charge in [0.15, 0.2) is 0 Å². The first-order valence-electron chi connectivity index (χ1n) is 28.2. The molecule has 0 bridgehead atoms. The molecular weight excluding hydrogens is 1010 g/mol. The minimum Gasteiger partial charge on any atom is -0.508 e. The van der Waals surface area contributed by atoms with Crippen LogP contribution in [0, 0.1) is 25.7 Å². The number of benzene rings is 6. The topological polar surface area (TPSA) is 72.8 Å². The van der Waals surface area contributed by atoms with Crippen molar-refractivity contribution >= 4 is 9.84 Å². The maximum absolute atomic E-state index is 12.2. The molecule has 0 amide bonds. The smallest absolute Gasteiger partial charge is 0.501 e. The standard InChI is InChI=1S/C14H22O.C10H11F3O2S.2C10H14O.2C10H14.C6H14/c1-6-14(4,5)11-7-8-13(15)12(9-11)10(2)3;1-7(2)8-3-5-9(6-4-8)16(14,15)10(11,12)13;1-8(2)9-4-6-10(11-3)7-5-9;1-8(2)9-5-4-6-10(7-9)11-3;2*1-8(2)10-6-4-5-9(3)7-10;1-5(2)6(3)4/h7-10,15H,6H2,1-5H3;3-7H,1-2H3;2*4-8H,1-3H3;2*4-8H,1-3H3;5-6H,1-4H3. The summed E-state index contributed by atoms with van der Waals surface area (Å²) in [5.41, 5.74) is 6.35. The summed E-state index contributed by atoms with van der Waals surface area (Å²) in [4.78, 5) is -0.718. The summed E-state index contributed by atoms with van der Waals surface area (Å²) in [6, 6.07) is 44.5. The molecule has 0 atom stereocenters. The maximum atomic E-state index is 12.2. The van der Waals surface area contributed by atoms with E-state index in [4.69, 9.17) is 9.47 Å². The number of methoxy groups -OCH3 is 2. The van der Waals surface area contributed by atoms with E-state index in [0.717, 1.165) is 53.0 Å². The van der Waals surface area contributed by atoms with Crippen LogP contribution in [0.1, 0.15) is 224 Å². The lowest BCUT2D eigenvalue weighted by atomic mass is 9.80. The highest BCUT2D eigenvalue weighted by atomic mass is 32.2. The average molecular weight is 1110 g/mol. The van der Waals surface area contributed by atoms with E-state index in [1.54, 1.807) is 14.2 Å². The Morgan fingerprint density at radius 1 is 0.456 bits per heavy atom. The first-order valence-corrected chi connectivity index (χ1v) is 29.7. The van der Waals surface area contributed by atoms with Crippen LogP contribution >= 0.6 is 0 Å². The monoisotopic (exact) mass is 1110 g/mol. The largest absolute Gasteiger partial charge is 0.508 e. The summed E-state index contributed by atoms with van der Waals surface area (Å²) in [6.45, 7) is 45.4. The molecule has 0 aliphatic carbocycles. The Balaban J connectivity index is 0.000000913. The van der Waals surface area contributed by atoms with Crippen molar-refractivity contribution in [3.63, 3.8) is 0 Å². The number of halogens is 3. The molecule has 0 aliphatic rings. The van der Waals surface area contributed by atoms with Crippen molar-refractivity contribution < 1.29 is 36.2 Å². The molecule has 5 nitrogen and oxygen atoms in total. The van der Waals surface area contributed by atoms with E-state index in [-0.39, 0.29) is 11.3 Å². The van der Waals surface area contributed by atoms with Crippen molar-refractivity contribution in [3.8, 4) is 17.2 Å². The number of aryl methyl sites for hydroxylation is 2. The summed E-state index contributed by atoms with van der Waals surface area (Å²) in [6.07, 6.45) is 1.11. The lowest BCUT2D eigenvalue weighted by Crippen LogP contribution is -2.23. The van der Waals surface area contributed by atoms with Gasteiger partial charge in [0, 0.05) is 0 Å². The number of aromatic hydroxyl groups is 1. The van der Waals surface area contributed by atoms with Crippen molar-refractivity contribution in [1.29, 1.82) is 0 Å². The Morgan fingerprint density at radius 2 is 0.823 bits per heavy atom. The number of ether oxygens (including phenoxy) is 2. The van der Waals surface area contributed by atoms with Crippen LogP contribution in [-0.4, -0.2) is 33.3 Å². The van der Waals surface area contributed by atoms with Gasteiger partial charge in [0.25, 0.3) is 9.84 Å². The zero-order valence-electron chi connectivity index (χ0n) is 52.7. The molecular formula is C70H103F3O5S. The van der Waals surface area contributed by atoms with Crippen LogP contribution in [0.3, 0.4) is 0 Å². The van der Waals surface area contributed by atoms with Gasteiger partial charge in [-0.1, -0.05) is 240 Å². The molecule has 6 rings (SSSR count). The van der Waals surface area contributed by atoms with Crippen LogP contribution in [0.15, 0.2) is 144 Å². The average Bonchev–Trinajstić information content (AvgIpc) is 3.39. The Hall–Kier alpha value is -5.54.